The standard InChI is InChI=1S/C12H14F2OS/c1-8-4-7-16-11(8)10(15)9-2-5-12(13,14)6-3-9/h4,7,9H,2-3,5-6H2,1H3. The molecule has 0 atom stereocenters. The van der Waals surface area contributed by atoms with Crippen LogP contribution in [0.5, 0.6) is 0 Å². The number of thiophene rings is 1. The molecule has 2 rings (SSSR count). The molecule has 1 saturated carbocycles. The summed E-state index contributed by atoms with van der Waals surface area (Å²) in [6.07, 6.45) is 0.355. The highest BCUT2D eigenvalue weighted by molar-refractivity contribution is 7.12. The Morgan fingerprint density at radius 1 is 1.44 bits per heavy atom. The van der Waals surface area contributed by atoms with Crippen molar-refractivity contribution in [2.45, 2.75) is 38.5 Å². The largest absolute Gasteiger partial charge is 0.293 e. The maximum absolute atomic E-state index is 13.0. The predicted molar refractivity (Wildman–Crippen MR) is 60.3 cm³/mol. The van der Waals surface area contributed by atoms with Crippen molar-refractivity contribution in [1.29, 1.82) is 0 Å². The lowest BCUT2D eigenvalue weighted by molar-refractivity contribution is -0.0423. The van der Waals surface area contributed by atoms with Crippen molar-refractivity contribution in [3.05, 3.63) is 21.9 Å². The Morgan fingerprint density at radius 3 is 2.56 bits per heavy atom. The first-order valence-electron chi connectivity index (χ1n) is 5.46. The first-order valence-corrected chi connectivity index (χ1v) is 6.34. The van der Waals surface area contributed by atoms with Crippen LogP contribution in [0.15, 0.2) is 11.4 Å². The third-order valence-corrected chi connectivity index (χ3v) is 4.20. The molecular formula is C12H14F2OS. The Hall–Kier alpha value is -0.770. The number of carbonyl (C=O) groups excluding carboxylic acids is 1. The molecule has 1 fully saturated rings. The Morgan fingerprint density at radius 2 is 2.06 bits per heavy atom. The summed E-state index contributed by atoms with van der Waals surface area (Å²) in [5.41, 5.74) is 0.965. The van der Waals surface area contributed by atoms with Gasteiger partial charge in [-0.25, -0.2) is 8.78 Å². The van der Waals surface area contributed by atoms with E-state index in [-0.39, 0.29) is 24.5 Å². The first-order chi connectivity index (χ1) is 7.49. The third kappa shape index (κ3) is 2.32. The zero-order valence-corrected chi connectivity index (χ0v) is 9.95. The van der Waals surface area contributed by atoms with E-state index in [1.165, 1.54) is 11.3 Å². The van der Waals surface area contributed by atoms with Gasteiger partial charge >= 0.3 is 0 Å². The number of halogens is 2. The highest BCUT2D eigenvalue weighted by Crippen LogP contribution is 2.38. The fourth-order valence-corrected chi connectivity index (χ4v) is 3.06. The number of alkyl halides is 2. The molecule has 1 aromatic rings. The Labute approximate surface area is 97.5 Å². The van der Waals surface area contributed by atoms with Gasteiger partial charge < -0.3 is 0 Å². The van der Waals surface area contributed by atoms with Gasteiger partial charge in [0.2, 0.25) is 5.92 Å². The predicted octanol–water partition coefficient (Wildman–Crippen LogP) is 4.06. The molecule has 16 heavy (non-hydrogen) atoms. The van der Waals surface area contributed by atoms with E-state index in [2.05, 4.69) is 0 Å². The van der Waals surface area contributed by atoms with Gasteiger partial charge in [-0.2, -0.15) is 0 Å². The average molecular weight is 244 g/mol. The van der Waals surface area contributed by atoms with Gasteiger partial charge in [0.1, 0.15) is 0 Å². The smallest absolute Gasteiger partial charge is 0.248 e. The number of Topliss-reactive ketones (excluding diaryl/α,β-unsaturated/α-hetero) is 1. The number of hydrogen-bond acceptors (Lipinski definition) is 2. The molecule has 0 spiro atoms. The van der Waals surface area contributed by atoms with Crippen molar-refractivity contribution in [1.82, 2.24) is 0 Å². The summed E-state index contributed by atoms with van der Waals surface area (Å²) in [7, 11) is 0. The van der Waals surface area contributed by atoms with Crippen LogP contribution in [-0.2, 0) is 0 Å². The van der Waals surface area contributed by atoms with Gasteiger partial charge in [-0.1, -0.05) is 0 Å². The van der Waals surface area contributed by atoms with E-state index in [4.69, 9.17) is 0 Å². The molecule has 1 aromatic heterocycles. The molecule has 1 aliphatic rings. The second-order valence-electron chi connectivity index (χ2n) is 4.43. The highest BCUT2D eigenvalue weighted by atomic mass is 32.1. The lowest BCUT2D eigenvalue weighted by Gasteiger charge is -2.27. The Balaban J connectivity index is 2.05. The summed E-state index contributed by atoms with van der Waals surface area (Å²) in [6, 6.07) is 1.90. The zero-order chi connectivity index (χ0) is 11.8. The average Bonchev–Trinajstić information content (AvgIpc) is 2.63. The van der Waals surface area contributed by atoms with Crippen molar-refractivity contribution in [3.8, 4) is 0 Å². The SMILES string of the molecule is Cc1ccsc1C(=O)C1CCC(F)(F)CC1. The summed E-state index contributed by atoms with van der Waals surface area (Å²) in [5, 5.41) is 1.87. The molecule has 4 heteroatoms. The minimum Gasteiger partial charge on any atom is -0.293 e. The van der Waals surface area contributed by atoms with E-state index in [0.29, 0.717) is 12.8 Å². The van der Waals surface area contributed by atoms with E-state index < -0.39 is 5.92 Å². The number of hydrogen-bond donors (Lipinski definition) is 0. The molecular weight excluding hydrogens is 230 g/mol. The molecule has 1 nitrogen and oxygen atoms in total. The van der Waals surface area contributed by atoms with E-state index in [1.807, 2.05) is 18.4 Å². The maximum atomic E-state index is 13.0. The molecule has 1 aliphatic carbocycles. The number of aryl methyl sites for hydroxylation is 1. The Bertz CT molecular complexity index is 387. The summed E-state index contributed by atoms with van der Waals surface area (Å²) in [4.78, 5) is 12.8. The van der Waals surface area contributed by atoms with E-state index in [1.54, 1.807) is 0 Å². The van der Waals surface area contributed by atoms with Crippen LogP contribution in [0, 0.1) is 12.8 Å². The minimum absolute atomic E-state index is 0.0583. The van der Waals surface area contributed by atoms with Gasteiger partial charge in [-0.3, -0.25) is 4.79 Å². The van der Waals surface area contributed by atoms with Crippen molar-refractivity contribution >= 4 is 17.1 Å². The van der Waals surface area contributed by atoms with Gasteiger partial charge in [0, 0.05) is 18.8 Å². The van der Waals surface area contributed by atoms with Crippen LogP contribution >= 0.6 is 11.3 Å². The lowest BCUT2D eigenvalue weighted by Crippen LogP contribution is -2.28. The quantitative estimate of drug-likeness (QED) is 0.717. The lowest BCUT2D eigenvalue weighted by atomic mass is 9.83. The minimum atomic E-state index is -2.55. The fraction of sp³-hybridized carbons (Fsp3) is 0.583. The summed E-state index contributed by atoms with van der Waals surface area (Å²) >= 11 is 1.41. The van der Waals surface area contributed by atoms with Gasteiger partial charge in [0.05, 0.1) is 4.88 Å². The second kappa shape index (κ2) is 4.24. The molecule has 0 aliphatic heterocycles. The maximum Gasteiger partial charge on any atom is 0.248 e. The number of carbonyl (C=O) groups is 1. The van der Waals surface area contributed by atoms with E-state index in [0.717, 1.165) is 10.4 Å². The highest BCUT2D eigenvalue weighted by Gasteiger charge is 2.37. The van der Waals surface area contributed by atoms with Crippen LogP contribution in [0.4, 0.5) is 8.78 Å². The normalized spacial score (nSPS) is 20.9. The fourth-order valence-electron chi connectivity index (χ4n) is 2.11. The topological polar surface area (TPSA) is 17.1 Å². The van der Waals surface area contributed by atoms with Crippen molar-refractivity contribution in [2.24, 2.45) is 5.92 Å². The molecule has 1 heterocycles. The zero-order valence-electron chi connectivity index (χ0n) is 9.13. The van der Waals surface area contributed by atoms with Crippen molar-refractivity contribution in [2.75, 3.05) is 0 Å². The van der Waals surface area contributed by atoms with Crippen molar-refractivity contribution in [3.63, 3.8) is 0 Å². The van der Waals surface area contributed by atoms with Crippen LogP contribution < -0.4 is 0 Å². The monoisotopic (exact) mass is 244 g/mol. The Kier molecular flexibility index (Phi) is 3.10. The van der Waals surface area contributed by atoms with Crippen LogP contribution in [0.3, 0.4) is 0 Å². The first kappa shape index (κ1) is 11.7. The molecule has 0 N–H and O–H groups in total. The molecule has 0 bridgehead atoms. The van der Waals surface area contributed by atoms with Gasteiger partial charge in [-0.05, 0) is 36.8 Å². The summed E-state index contributed by atoms with van der Waals surface area (Å²) in [5.74, 6) is -2.69. The molecule has 0 radical (unpaired) electrons. The molecule has 88 valence electrons. The van der Waals surface area contributed by atoms with Crippen molar-refractivity contribution < 1.29 is 13.6 Å². The van der Waals surface area contributed by atoms with E-state index in [9.17, 15) is 13.6 Å². The van der Waals surface area contributed by atoms with Crippen LogP contribution in [0.2, 0.25) is 0 Å². The van der Waals surface area contributed by atoms with Crippen LogP contribution in [-0.4, -0.2) is 11.7 Å². The van der Waals surface area contributed by atoms with Crippen LogP contribution in [0.25, 0.3) is 0 Å². The molecule has 0 aromatic carbocycles. The third-order valence-electron chi connectivity index (χ3n) is 3.17. The van der Waals surface area contributed by atoms with Crippen LogP contribution in [0.1, 0.15) is 40.9 Å². The summed E-state index contributed by atoms with van der Waals surface area (Å²) in [6.45, 7) is 1.89. The van der Waals surface area contributed by atoms with E-state index >= 15 is 0 Å². The van der Waals surface area contributed by atoms with Gasteiger partial charge in [-0.15, -0.1) is 11.3 Å². The molecule has 0 saturated heterocycles. The molecule has 0 unspecified atom stereocenters. The number of ketones is 1. The van der Waals surface area contributed by atoms with Gasteiger partial charge in [0.15, 0.2) is 5.78 Å². The second-order valence-corrected chi connectivity index (χ2v) is 5.34. The summed E-state index contributed by atoms with van der Waals surface area (Å²) < 4.78 is 25.9. The number of rotatable bonds is 2. The van der Waals surface area contributed by atoms with Gasteiger partial charge in [0.25, 0.3) is 0 Å². The molecule has 0 amide bonds.